The first kappa shape index (κ1) is 9.82. The first-order valence-electron chi connectivity index (χ1n) is 5.03. The number of rotatable bonds is 3. The lowest BCUT2D eigenvalue weighted by molar-refractivity contribution is 0.0936. The summed E-state index contributed by atoms with van der Waals surface area (Å²) in [5.74, 6) is 0.366. The van der Waals surface area contributed by atoms with Crippen LogP contribution in [0.4, 0.5) is 0 Å². The third-order valence-corrected chi connectivity index (χ3v) is 2.48. The van der Waals surface area contributed by atoms with E-state index in [-0.39, 0.29) is 11.7 Å². The number of carbonyl (C=O) groups excluding carboxylic acids is 1. The lowest BCUT2D eigenvalue weighted by Crippen LogP contribution is -2.30. The molecule has 15 heavy (non-hydrogen) atoms. The minimum atomic E-state index is -0.265. The highest BCUT2D eigenvalue weighted by Crippen LogP contribution is 2.16. The van der Waals surface area contributed by atoms with E-state index in [2.05, 4.69) is 38.1 Å². The molecule has 0 saturated heterocycles. The van der Waals surface area contributed by atoms with Crippen LogP contribution < -0.4 is 5.32 Å². The van der Waals surface area contributed by atoms with Crippen molar-refractivity contribution in [2.24, 2.45) is 5.92 Å². The highest BCUT2D eigenvalue weighted by Gasteiger charge is 2.14. The van der Waals surface area contributed by atoms with Crippen molar-refractivity contribution < 1.29 is 4.79 Å². The summed E-state index contributed by atoms with van der Waals surface area (Å²) >= 11 is 0. The van der Waals surface area contributed by atoms with Gasteiger partial charge >= 0.3 is 0 Å². The number of allylic oxidation sites excluding steroid dienone is 2. The predicted octanol–water partition coefficient (Wildman–Crippen LogP) is 0.286. The zero-order valence-corrected chi connectivity index (χ0v) is 8.31. The Morgan fingerprint density at radius 2 is 2.53 bits per heavy atom. The van der Waals surface area contributed by atoms with Gasteiger partial charge in [0, 0.05) is 6.54 Å². The van der Waals surface area contributed by atoms with Crippen LogP contribution in [0.25, 0.3) is 0 Å². The SMILES string of the molecule is O=C(NCC1CC=CCC1)c1nn[nH]n1. The second-order valence-electron chi connectivity index (χ2n) is 3.60. The molecular formula is C9H13N5O. The minimum Gasteiger partial charge on any atom is -0.349 e. The van der Waals surface area contributed by atoms with Crippen LogP contribution in [0.1, 0.15) is 29.9 Å². The lowest BCUT2D eigenvalue weighted by atomic mass is 9.94. The fourth-order valence-corrected chi connectivity index (χ4v) is 1.62. The largest absolute Gasteiger partial charge is 0.349 e. The van der Waals surface area contributed by atoms with Crippen molar-refractivity contribution in [1.82, 2.24) is 25.9 Å². The molecule has 0 saturated carbocycles. The monoisotopic (exact) mass is 207 g/mol. The number of H-pyrrole nitrogens is 1. The Bertz CT molecular complexity index is 345. The van der Waals surface area contributed by atoms with Crippen molar-refractivity contribution in [2.75, 3.05) is 6.54 Å². The van der Waals surface area contributed by atoms with Gasteiger partial charge in [-0.1, -0.05) is 12.2 Å². The summed E-state index contributed by atoms with van der Waals surface area (Å²) in [4.78, 5) is 11.4. The van der Waals surface area contributed by atoms with Crippen molar-refractivity contribution >= 4 is 5.91 Å². The molecule has 0 aromatic carbocycles. The summed E-state index contributed by atoms with van der Waals surface area (Å²) in [6, 6.07) is 0. The molecule has 0 spiro atoms. The number of hydrogen-bond donors (Lipinski definition) is 2. The quantitative estimate of drug-likeness (QED) is 0.697. The van der Waals surface area contributed by atoms with E-state index in [4.69, 9.17) is 0 Å². The molecule has 0 fully saturated rings. The molecule has 1 amide bonds. The van der Waals surface area contributed by atoms with E-state index in [0.717, 1.165) is 19.3 Å². The number of tetrazole rings is 1. The molecule has 0 aliphatic heterocycles. The van der Waals surface area contributed by atoms with Gasteiger partial charge in [-0.15, -0.1) is 10.2 Å². The summed E-state index contributed by atoms with van der Waals surface area (Å²) in [5.41, 5.74) is 0. The zero-order chi connectivity index (χ0) is 10.5. The molecule has 1 aromatic heterocycles. The standard InChI is InChI=1S/C9H13N5O/c15-9(8-11-13-14-12-8)10-6-7-4-2-1-3-5-7/h1-2,7H,3-6H2,(H,10,15)(H,11,12,13,14). The van der Waals surface area contributed by atoms with Crippen molar-refractivity contribution in [3.05, 3.63) is 18.0 Å². The number of hydrogen-bond acceptors (Lipinski definition) is 4. The van der Waals surface area contributed by atoms with Gasteiger partial charge in [0.05, 0.1) is 0 Å². The molecule has 0 radical (unpaired) electrons. The number of aromatic amines is 1. The molecule has 1 heterocycles. The Balaban J connectivity index is 1.78. The number of aromatic nitrogens is 4. The zero-order valence-electron chi connectivity index (χ0n) is 8.31. The van der Waals surface area contributed by atoms with Gasteiger partial charge in [-0.05, 0) is 30.4 Å². The highest BCUT2D eigenvalue weighted by molar-refractivity contribution is 5.89. The number of nitrogens with one attached hydrogen (secondary N) is 2. The molecule has 2 rings (SSSR count). The molecule has 1 aromatic rings. The molecule has 80 valence electrons. The molecule has 0 bridgehead atoms. The summed E-state index contributed by atoms with van der Waals surface area (Å²) in [6.07, 6.45) is 7.60. The maximum atomic E-state index is 11.4. The average Bonchev–Trinajstić information content (AvgIpc) is 2.81. The average molecular weight is 207 g/mol. The van der Waals surface area contributed by atoms with Gasteiger partial charge in [-0.25, -0.2) is 0 Å². The van der Waals surface area contributed by atoms with Crippen LogP contribution in [0.2, 0.25) is 0 Å². The van der Waals surface area contributed by atoms with E-state index >= 15 is 0 Å². The van der Waals surface area contributed by atoms with E-state index in [9.17, 15) is 4.79 Å². The molecule has 1 aliphatic carbocycles. The highest BCUT2D eigenvalue weighted by atomic mass is 16.2. The lowest BCUT2D eigenvalue weighted by Gasteiger charge is -2.17. The fraction of sp³-hybridized carbons (Fsp3) is 0.556. The Morgan fingerprint density at radius 3 is 3.20 bits per heavy atom. The fourth-order valence-electron chi connectivity index (χ4n) is 1.62. The Hall–Kier alpha value is -1.72. The second-order valence-corrected chi connectivity index (χ2v) is 3.60. The van der Waals surface area contributed by atoms with Crippen molar-refractivity contribution in [1.29, 1.82) is 0 Å². The molecule has 1 atom stereocenters. The van der Waals surface area contributed by atoms with E-state index in [0.29, 0.717) is 12.5 Å². The number of amides is 1. The first-order chi connectivity index (χ1) is 7.36. The van der Waals surface area contributed by atoms with Gasteiger partial charge in [0.1, 0.15) is 0 Å². The third kappa shape index (κ3) is 2.61. The van der Waals surface area contributed by atoms with Crippen LogP contribution in [0.15, 0.2) is 12.2 Å². The second kappa shape index (κ2) is 4.68. The normalized spacial score (nSPS) is 20.1. The predicted molar refractivity (Wildman–Crippen MR) is 53.0 cm³/mol. The minimum absolute atomic E-state index is 0.0985. The van der Waals surface area contributed by atoms with E-state index in [1.54, 1.807) is 0 Å². The van der Waals surface area contributed by atoms with Gasteiger partial charge in [0.25, 0.3) is 11.7 Å². The number of nitrogens with zero attached hydrogens (tertiary/aromatic N) is 3. The van der Waals surface area contributed by atoms with Gasteiger partial charge in [-0.3, -0.25) is 4.79 Å². The van der Waals surface area contributed by atoms with Crippen molar-refractivity contribution in [2.45, 2.75) is 19.3 Å². The Morgan fingerprint density at radius 1 is 1.60 bits per heavy atom. The molecule has 2 N–H and O–H groups in total. The smallest absolute Gasteiger partial charge is 0.292 e. The van der Waals surface area contributed by atoms with Gasteiger partial charge in [0.15, 0.2) is 0 Å². The topological polar surface area (TPSA) is 83.6 Å². The van der Waals surface area contributed by atoms with Gasteiger partial charge in [-0.2, -0.15) is 5.21 Å². The summed E-state index contributed by atoms with van der Waals surface area (Å²) in [7, 11) is 0. The molecule has 1 unspecified atom stereocenters. The Labute approximate surface area is 87.1 Å². The Kier molecular flexibility index (Phi) is 3.06. The van der Waals surface area contributed by atoms with Gasteiger partial charge < -0.3 is 5.32 Å². The number of carbonyl (C=O) groups is 1. The van der Waals surface area contributed by atoms with E-state index in [1.807, 2.05) is 0 Å². The van der Waals surface area contributed by atoms with Crippen LogP contribution in [-0.4, -0.2) is 33.1 Å². The summed E-state index contributed by atoms with van der Waals surface area (Å²) in [5, 5.41) is 15.6. The molecule has 6 nitrogen and oxygen atoms in total. The van der Waals surface area contributed by atoms with E-state index in [1.165, 1.54) is 0 Å². The van der Waals surface area contributed by atoms with Crippen molar-refractivity contribution in [3.8, 4) is 0 Å². The van der Waals surface area contributed by atoms with Crippen molar-refractivity contribution in [3.63, 3.8) is 0 Å². The molecular weight excluding hydrogens is 194 g/mol. The van der Waals surface area contributed by atoms with Crippen LogP contribution in [0.3, 0.4) is 0 Å². The first-order valence-corrected chi connectivity index (χ1v) is 5.03. The maximum absolute atomic E-state index is 11.4. The molecule has 1 aliphatic rings. The third-order valence-electron chi connectivity index (χ3n) is 2.48. The van der Waals surface area contributed by atoms with Crippen LogP contribution >= 0.6 is 0 Å². The maximum Gasteiger partial charge on any atom is 0.292 e. The van der Waals surface area contributed by atoms with Gasteiger partial charge in [0.2, 0.25) is 0 Å². The van der Waals surface area contributed by atoms with Crippen LogP contribution in [0, 0.1) is 5.92 Å². The summed E-state index contributed by atoms with van der Waals surface area (Å²) < 4.78 is 0. The van der Waals surface area contributed by atoms with E-state index < -0.39 is 0 Å². The van der Waals surface area contributed by atoms with Crippen LogP contribution in [-0.2, 0) is 0 Å². The molecule has 6 heteroatoms. The summed E-state index contributed by atoms with van der Waals surface area (Å²) in [6.45, 7) is 0.678. The van der Waals surface area contributed by atoms with Crippen LogP contribution in [0.5, 0.6) is 0 Å².